The molecule has 168 valence electrons. The van der Waals surface area contributed by atoms with E-state index in [1.807, 2.05) is 19.9 Å². The number of aromatic nitrogens is 5. The Labute approximate surface area is 191 Å². The van der Waals surface area contributed by atoms with Crippen molar-refractivity contribution >= 4 is 23.4 Å². The van der Waals surface area contributed by atoms with E-state index in [0.717, 1.165) is 22.5 Å². The topological polar surface area (TPSA) is 85.6 Å². The molecule has 1 N–H and O–H groups in total. The third-order valence-corrected chi connectivity index (χ3v) is 5.30. The van der Waals surface area contributed by atoms with E-state index in [0.29, 0.717) is 15.5 Å². The minimum Gasteiger partial charge on any atom is -0.322 e. The van der Waals surface area contributed by atoms with Gasteiger partial charge in [0.2, 0.25) is 0 Å². The van der Waals surface area contributed by atoms with E-state index in [9.17, 15) is 18.0 Å². The average Bonchev–Trinajstić information content (AvgIpc) is 3.21. The number of carbonyl (C=O) groups excluding carboxylic acids is 1. The molecule has 0 unspecified atom stereocenters. The summed E-state index contributed by atoms with van der Waals surface area (Å²) in [5.74, 6) is -0.971. The van der Waals surface area contributed by atoms with Crippen molar-refractivity contribution in [3.63, 3.8) is 0 Å². The van der Waals surface area contributed by atoms with Gasteiger partial charge in [0.05, 0.1) is 11.8 Å². The first-order valence-corrected chi connectivity index (χ1v) is 10.5. The number of hydrogen-bond acceptors (Lipinski definition) is 6. The van der Waals surface area contributed by atoms with Gasteiger partial charge in [-0.1, -0.05) is 6.07 Å². The van der Waals surface area contributed by atoms with Crippen LogP contribution in [0.4, 0.5) is 18.9 Å². The molecule has 0 bridgehead atoms. The van der Waals surface area contributed by atoms with E-state index >= 15 is 0 Å². The lowest BCUT2D eigenvalue weighted by atomic mass is 10.2. The van der Waals surface area contributed by atoms with Gasteiger partial charge >= 0.3 is 6.18 Å². The maximum Gasteiger partial charge on any atom is 0.434 e. The number of nitrogens with zero attached hydrogens (tertiary/aromatic N) is 5. The van der Waals surface area contributed by atoms with Gasteiger partial charge in [-0.3, -0.25) is 4.79 Å². The lowest BCUT2D eigenvalue weighted by molar-refractivity contribution is -0.143. The zero-order chi connectivity index (χ0) is 23.6. The van der Waals surface area contributed by atoms with E-state index < -0.39 is 23.3 Å². The van der Waals surface area contributed by atoms with Gasteiger partial charge in [0.15, 0.2) is 16.7 Å². The fraction of sp³-hybridized carbons (Fsp3) is 0.136. The Bertz CT molecular complexity index is 1270. The van der Waals surface area contributed by atoms with E-state index in [1.54, 1.807) is 30.3 Å². The van der Waals surface area contributed by atoms with Crippen LogP contribution in [-0.2, 0) is 6.18 Å². The lowest BCUT2D eigenvalue weighted by Gasteiger charge is -2.12. The maximum absolute atomic E-state index is 13.8. The molecule has 3 heterocycles. The summed E-state index contributed by atoms with van der Waals surface area (Å²) in [7, 11) is 0. The molecule has 0 spiro atoms. The SMILES string of the molecule is Cc1cc(C)nc(Sc2ccc(NC(=O)c3cnn(-c4ccccn4)c3C(F)(F)F)cc2)n1. The molecule has 7 nitrogen and oxygen atoms in total. The third-order valence-electron chi connectivity index (χ3n) is 4.43. The van der Waals surface area contributed by atoms with E-state index in [4.69, 9.17) is 0 Å². The Morgan fingerprint density at radius 2 is 1.73 bits per heavy atom. The fourth-order valence-corrected chi connectivity index (χ4v) is 3.95. The lowest BCUT2D eigenvalue weighted by Crippen LogP contribution is -2.21. The van der Waals surface area contributed by atoms with Gasteiger partial charge in [0, 0.05) is 28.2 Å². The van der Waals surface area contributed by atoms with Crippen molar-refractivity contribution in [2.75, 3.05) is 5.32 Å². The summed E-state index contributed by atoms with van der Waals surface area (Å²) >= 11 is 1.34. The summed E-state index contributed by atoms with van der Waals surface area (Å²) < 4.78 is 41.9. The standard InChI is InChI=1S/C22H17F3N6OS/c1-13-11-14(2)29-21(28-13)33-16-8-6-15(7-9-16)30-20(32)17-12-27-31(19(17)22(23,24)25)18-5-3-4-10-26-18/h3-12H,1-2H3,(H,30,32). The predicted molar refractivity (Wildman–Crippen MR) is 116 cm³/mol. The van der Waals surface area contributed by atoms with Crippen LogP contribution in [0.2, 0.25) is 0 Å². The Balaban J connectivity index is 1.54. The summed E-state index contributed by atoms with van der Waals surface area (Å²) in [6.45, 7) is 3.76. The van der Waals surface area contributed by atoms with Crippen LogP contribution in [0, 0.1) is 13.8 Å². The first-order chi connectivity index (χ1) is 15.7. The number of hydrogen-bond donors (Lipinski definition) is 1. The van der Waals surface area contributed by atoms with Gasteiger partial charge in [-0.25, -0.2) is 19.6 Å². The van der Waals surface area contributed by atoms with Crippen molar-refractivity contribution in [1.82, 2.24) is 24.7 Å². The Kier molecular flexibility index (Phi) is 6.14. The zero-order valence-electron chi connectivity index (χ0n) is 17.5. The van der Waals surface area contributed by atoms with Gasteiger partial charge in [0.1, 0.15) is 0 Å². The monoisotopic (exact) mass is 470 g/mol. The van der Waals surface area contributed by atoms with Crippen LogP contribution >= 0.6 is 11.8 Å². The minimum absolute atomic E-state index is 0.0427. The summed E-state index contributed by atoms with van der Waals surface area (Å²) in [5.41, 5.74) is 0.235. The van der Waals surface area contributed by atoms with Gasteiger partial charge in [-0.15, -0.1) is 0 Å². The number of pyridine rings is 1. The molecule has 1 amide bonds. The van der Waals surface area contributed by atoms with Crippen molar-refractivity contribution in [2.24, 2.45) is 0 Å². The zero-order valence-corrected chi connectivity index (χ0v) is 18.3. The highest BCUT2D eigenvalue weighted by atomic mass is 32.2. The maximum atomic E-state index is 13.8. The number of benzene rings is 1. The van der Waals surface area contributed by atoms with Crippen molar-refractivity contribution in [2.45, 2.75) is 30.1 Å². The highest BCUT2D eigenvalue weighted by Gasteiger charge is 2.40. The number of rotatable bonds is 5. The number of nitrogens with one attached hydrogen (secondary N) is 1. The second kappa shape index (κ2) is 9.02. The molecule has 33 heavy (non-hydrogen) atoms. The molecule has 4 rings (SSSR count). The minimum atomic E-state index is -4.81. The molecule has 0 aliphatic rings. The van der Waals surface area contributed by atoms with Crippen molar-refractivity contribution in [1.29, 1.82) is 0 Å². The fourth-order valence-electron chi connectivity index (χ4n) is 3.09. The van der Waals surface area contributed by atoms with Crippen LogP contribution in [0.15, 0.2) is 71.0 Å². The molecule has 11 heteroatoms. The van der Waals surface area contributed by atoms with Gasteiger partial charge in [-0.05, 0) is 68.1 Å². The molecule has 1 aromatic carbocycles. The molecule has 0 aliphatic carbocycles. The Morgan fingerprint density at radius 3 is 2.33 bits per heavy atom. The molecular weight excluding hydrogens is 453 g/mol. The van der Waals surface area contributed by atoms with E-state index in [-0.39, 0.29) is 5.82 Å². The number of carbonyl (C=O) groups is 1. The first kappa shape index (κ1) is 22.5. The molecule has 0 aliphatic heterocycles. The first-order valence-electron chi connectivity index (χ1n) is 9.69. The van der Waals surface area contributed by atoms with E-state index in [2.05, 4.69) is 25.4 Å². The molecular formula is C22H17F3N6OS. The molecule has 4 aromatic rings. The van der Waals surface area contributed by atoms with E-state index in [1.165, 1.54) is 30.1 Å². The second-order valence-electron chi connectivity index (χ2n) is 7.02. The number of halogens is 3. The highest BCUT2D eigenvalue weighted by molar-refractivity contribution is 7.99. The number of alkyl halides is 3. The molecule has 0 fully saturated rings. The van der Waals surface area contributed by atoms with Gasteiger partial charge in [-0.2, -0.15) is 18.3 Å². The Morgan fingerprint density at radius 1 is 1.03 bits per heavy atom. The highest BCUT2D eigenvalue weighted by Crippen LogP contribution is 2.34. The molecule has 0 atom stereocenters. The smallest absolute Gasteiger partial charge is 0.322 e. The van der Waals surface area contributed by atoms with Crippen LogP contribution in [0.3, 0.4) is 0 Å². The second-order valence-corrected chi connectivity index (χ2v) is 8.06. The largest absolute Gasteiger partial charge is 0.434 e. The summed E-state index contributed by atoms with van der Waals surface area (Å²) in [6.07, 6.45) is -2.58. The van der Waals surface area contributed by atoms with Crippen LogP contribution in [0.5, 0.6) is 0 Å². The van der Waals surface area contributed by atoms with Gasteiger partial charge in [0.25, 0.3) is 5.91 Å². The Hall–Kier alpha value is -3.73. The quantitative estimate of drug-likeness (QED) is 0.409. The van der Waals surface area contributed by atoms with Crippen molar-refractivity contribution in [3.8, 4) is 5.82 Å². The van der Waals surface area contributed by atoms with Gasteiger partial charge < -0.3 is 5.32 Å². The summed E-state index contributed by atoms with van der Waals surface area (Å²) in [6, 6.07) is 13.0. The molecule has 0 radical (unpaired) electrons. The predicted octanol–water partition coefficient (Wildman–Crippen LogP) is 5.10. The number of amides is 1. The third kappa shape index (κ3) is 5.20. The van der Waals surface area contributed by atoms with Crippen LogP contribution in [-0.4, -0.2) is 30.6 Å². The molecule has 3 aromatic heterocycles. The molecule has 0 saturated heterocycles. The van der Waals surface area contributed by atoms with Crippen LogP contribution in [0.25, 0.3) is 5.82 Å². The molecule has 0 saturated carbocycles. The van der Waals surface area contributed by atoms with Crippen LogP contribution < -0.4 is 5.32 Å². The van der Waals surface area contributed by atoms with Crippen molar-refractivity contribution in [3.05, 3.63) is 83.6 Å². The van der Waals surface area contributed by atoms with Crippen LogP contribution in [0.1, 0.15) is 27.4 Å². The average molecular weight is 470 g/mol. The number of aryl methyl sites for hydroxylation is 2. The normalized spacial score (nSPS) is 11.4. The van der Waals surface area contributed by atoms with Crippen molar-refractivity contribution < 1.29 is 18.0 Å². The summed E-state index contributed by atoms with van der Waals surface area (Å²) in [4.78, 5) is 26.1. The number of anilines is 1. The summed E-state index contributed by atoms with van der Waals surface area (Å²) in [5, 5.41) is 6.82.